The van der Waals surface area contributed by atoms with Crippen molar-refractivity contribution in [1.29, 1.82) is 0 Å². The van der Waals surface area contributed by atoms with Crippen LogP contribution >= 0.6 is 0 Å². The van der Waals surface area contributed by atoms with E-state index in [4.69, 9.17) is 0 Å². The van der Waals surface area contributed by atoms with Crippen LogP contribution in [0.5, 0.6) is 5.75 Å². The molecule has 2 rings (SSSR count). The van der Waals surface area contributed by atoms with Gasteiger partial charge in [0.05, 0.1) is 6.20 Å². The maximum Gasteiger partial charge on any atom is 0.248 e. The Morgan fingerprint density at radius 1 is 1.06 bits per heavy atom. The molecule has 0 bridgehead atoms. The number of rotatable bonds is 11. The molecule has 0 saturated carbocycles. The van der Waals surface area contributed by atoms with Crippen LogP contribution in [0.2, 0.25) is 0 Å². The third-order valence-electron chi connectivity index (χ3n) is 4.04. The lowest BCUT2D eigenvalue weighted by Crippen LogP contribution is -2.13. The van der Waals surface area contributed by atoms with Crippen molar-refractivity contribution in [2.24, 2.45) is 0 Å². The van der Waals surface area contributed by atoms with Gasteiger partial charge in [-0.15, -0.1) is 0 Å². The first kappa shape index (κ1) is 25.8. The Balaban J connectivity index is 1.97. The van der Waals surface area contributed by atoms with E-state index in [9.17, 15) is 14.7 Å². The molecule has 0 aliphatic heterocycles. The van der Waals surface area contributed by atoms with E-state index in [1.807, 2.05) is 19.0 Å². The zero-order chi connectivity index (χ0) is 24.8. The Morgan fingerprint density at radius 3 is 2.59 bits per heavy atom. The summed E-state index contributed by atoms with van der Waals surface area (Å²) in [6.07, 6.45) is 14.2. The first-order valence-electron chi connectivity index (χ1n) is 10.4. The van der Waals surface area contributed by atoms with Gasteiger partial charge in [-0.3, -0.25) is 9.59 Å². The number of amides is 2. The van der Waals surface area contributed by atoms with Gasteiger partial charge in [-0.1, -0.05) is 30.4 Å². The number of allylic oxidation sites excluding steroid dienone is 4. The van der Waals surface area contributed by atoms with Crippen LogP contribution in [0.1, 0.15) is 0 Å². The number of carbonyl (C=O) groups excluding carboxylic acids is 2. The molecule has 0 atom stereocenters. The maximum absolute atomic E-state index is 12.0. The summed E-state index contributed by atoms with van der Waals surface area (Å²) < 4.78 is 0. The van der Waals surface area contributed by atoms with E-state index < -0.39 is 0 Å². The van der Waals surface area contributed by atoms with Gasteiger partial charge in [-0.25, -0.2) is 4.98 Å². The minimum Gasteiger partial charge on any atom is -0.503 e. The third kappa shape index (κ3) is 9.79. The van der Waals surface area contributed by atoms with Gasteiger partial charge >= 0.3 is 0 Å². The van der Waals surface area contributed by atoms with Gasteiger partial charge < -0.3 is 31.3 Å². The minimum absolute atomic E-state index is 0.121. The SMILES string of the molecule is CNC(=O)/C=C/C=C\C=C\Nc1nc(Nc2cccc(NC(=O)/C=C/CN(C)C)c2)ncc1O. The maximum atomic E-state index is 12.0. The van der Waals surface area contributed by atoms with Crippen LogP contribution in [-0.2, 0) is 9.59 Å². The molecule has 178 valence electrons. The second-order valence-corrected chi connectivity index (χ2v) is 7.15. The van der Waals surface area contributed by atoms with E-state index in [1.54, 1.807) is 67.9 Å². The van der Waals surface area contributed by atoms with E-state index in [-0.39, 0.29) is 29.3 Å². The first-order chi connectivity index (χ1) is 16.4. The van der Waals surface area contributed by atoms with Gasteiger partial charge in [-0.05, 0) is 38.4 Å². The fraction of sp³-hybridized carbons (Fsp3) is 0.167. The third-order valence-corrected chi connectivity index (χ3v) is 4.04. The van der Waals surface area contributed by atoms with Gasteiger partial charge in [0.15, 0.2) is 11.6 Å². The number of hydrogen-bond acceptors (Lipinski definition) is 8. The number of likely N-dealkylation sites (N-methyl/N-ethyl adjacent to an activating group) is 2. The van der Waals surface area contributed by atoms with Crippen LogP contribution in [0.25, 0.3) is 0 Å². The van der Waals surface area contributed by atoms with E-state index in [1.165, 1.54) is 18.3 Å². The zero-order valence-electron chi connectivity index (χ0n) is 19.3. The van der Waals surface area contributed by atoms with E-state index in [0.29, 0.717) is 17.9 Å². The van der Waals surface area contributed by atoms with Crippen molar-refractivity contribution >= 4 is 35.0 Å². The monoisotopic (exact) mass is 463 g/mol. The summed E-state index contributed by atoms with van der Waals surface area (Å²) in [6.45, 7) is 0.670. The van der Waals surface area contributed by atoms with E-state index in [0.717, 1.165) is 0 Å². The molecule has 0 unspecified atom stereocenters. The lowest BCUT2D eigenvalue weighted by atomic mass is 10.2. The van der Waals surface area contributed by atoms with Gasteiger partial charge in [-0.2, -0.15) is 4.98 Å². The summed E-state index contributed by atoms with van der Waals surface area (Å²) in [5.41, 5.74) is 1.27. The van der Waals surface area contributed by atoms with Crippen LogP contribution in [0.15, 0.2) is 79.2 Å². The number of hydrogen-bond donors (Lipinski definition) is 5. The van der Waals surface area contributed by atoms with Crippen molar-refractivity contribution in [3.05, 3.63) is 79.2 Å². The van der Waals surface area contributed by atoms with Gasteiger partial charge in [0.25, 0.3) is 0 Å². The normalized spacial score (nSPS) is 11.6. The zero-order valence-corrected chi connectivity index (χ0v) is 19.3. The molecule has 1 aromatic heterocycles. The Labute approximate surface area is 198 Å². The summed E-state index contributed by atoms with van der Waals surface area (Å²) in [7, 11) is 5.40. The van der Waals surface area contributed by atoms with Crippen LogP contribution in [0.4, 0.5) is 23.1 Å². The molecular formula is C24H29N7O3. The number of aromatic nitrogens is 2. The average Bonchev–Trinajstić information content (AvgIpc) is 2.80. The molecule has 10 nitrogen and oxygen atoms in total. The number of nitrogens with one attached hydrogen (secondary N) is 4. The molecule has 1 aromatic carbocycles. The standard InChI is InChI=1S/C24H29N7O3/c1-25-21(33)12-6-4-5-7-14-26-23-20(32)17-27-24(30-23)29-19-11-8-10-18(16-19)28-22(34)13-9-15-31(2)3/h4-14,16-17,32H,15H2,1-3H3,(H,25,33)(H,28,34)(H2,26,27,29,30)/b5-4-,12-6+,13-9+,14-7+. The molecule has 10 heteroatoms. The molecule has 34 heavy (non-hydrogen) atoms. The smallest absolute Gasteiger partial charge is 0.248 e. The summed E-state index contributed by atoms with van der Waals surface area (Å²) in [5.74, 6) is -0.0753. The Morgan fingerprint density at radius 2 is 1.82 bits per heavy atom. The number of nitrogens with zero attached hydrogens (tertiary/aromatic N) is 3. The number of anilines is 4. The van der Waals surface area contributed by atoms with Crippen molar-refractivity contribution < 1.29 is 14.7 Å². The second-order valence-electron chi connectivity index (χ2n) is 7.15. The van der Waals surface area contributed by atoms with Crippen molar-refractivity contribution in [1.82, 2.24) is 20.2 Å². The molecule has 5 N–H and O–H groups in total. The highest BCUT2D eigenvalue weighted by Gasteiger charge is 2.06. The quantitative estimate of drug-likeness (QED) is 0.254. The van der Waals surface area contributed by atoms with E-state index >= 15 is 0 Å². The molecule has 0 spiro atoms. The molecule has 1 heterocycles. The lowest BCUT2D eigenvalue weighted by molar-refractivity contribution is -0.116. The Hall–Kier alpha value is -4.44. The highest BCUT2D eigenvalue weighted by Crippen LogP contribution is 2.23. The molecule has 0 aliphatic rings. The predicted octanol–water partition coefficient (Wildman–Crippen LogP) is 2.77. The molecule has 2 amide bonds. The number of benzene rings is 1. The van der Waals surface area contributed by atoms with Crippen molar-refractivity contribution in [2.45, 2.75) is 0 Å². The Bertz CT molecular complexity index is 1090. The molecular weight excluding hydrogens is 434 g/mol. The molecule has 0 aliphatic carbocycles. The fourth-order valence-electron chi connectivity index (χ4n) is 2.44. The molecule has 0 radical (unpaired) electrons. The van der Waals surface area contributed by atoms with Crippen LogP contribution < -0.4 is 21.3 Å². The largest absolute Gasteiger partial charge is 0.503 e. The van der Waals surface area contributed by atoms with Gasteiger partial charge in [0.1, 0.15) is 0 Å². The van der Waals surface area contributed by atoms with Gasteiger partial charge in [0.2, 0.25) is 17.8 Å². The second kappa shape index (κ2) is 13.9. The molecule has 0 fully saturated rings. The summed E-state index contributed by atoms with van der Waals surface area (Å²) in [6, 6.07) is 7.11. The summed E-state index contributed by atoms with van der Waals surface area (Å²) in [4.78, 5) is 33.4. The van der Waals surface area contributed by atoms with Crippen molar-refractivity contribution in [2.75, 3.05) is 43.6 Å². The number of carbonyl (C=O) groups is 2. The first-order valence-corrected chi connectivity index (χ1v) is 10.4. The Kier molecular flexibility index (Phi) is 10.5. The summed E-state index contributed by atoms with van der Waals surface area (Å²) >= 11 is 0. The molecule has 2 aromatic rings. The highest BCUT2D eigenvalue weighted by atomic mass is 16.3. The van der Waals surface area contributed by atoms with E-state index in [2.05, 4.69) is 31.2 Å². The highest BCUT2D eigenvalue weighted by molar-refractivity contribution is 5.99. The lowest BCUT2D eigenvalue weighted by Gasteiger charge is -2.09. The van der Waals surface area contributed by atoms with Crippen molar-refractivity contribution in [3.8, 4) is 5.75 Å². The predicted molar refractivity (Wildman–Crippen MR) is 135 cm³/mol. The summed E-state index contributed by atoms with van der Waals surface area (Å²) in [5, 5.41) is 21.2. The van der Waals surface area contributed by atoms with Crippen LogP contribution in [0.3, 0.4) is 0 Å². The van der Waals surface area contributed by atoms with Crippen LogP contribution in [-0.4, -0.2) is 59.5 Å². The van der Waals surface area contributed by atoms with Crippen molar-refractivity contribution in [3.63, 3.8) is 0 Å². The molecule has 0 saturated heterocycles. The van der Waals surface area contributed by atoms with Gasteiger partial charge in [0, 0.05) is 43.3 Å². The van der Waals surface area contributed by atoms with Crippen LogP contribution in [0, 0.1) is 0 Å². The number of aromatic hydroxyl groups is 1. The fourth-order valence-corrected chi connectivity index (χ4v) is 2.44. The minimum atomic E-state index is -0.226. The topological polar surface area (TPSA) is 132 Å². The average molecular weight is 464 g/mol.